The molecule has 1 saturated carbocycles. The molecule has 0 spiro atoms. The Labute approximate surface area is 55.5 Å². The first-order valence-corrected chi connectivity index (χ1v) is 3.56. The third kappa shape index (κ3) is 1.66. The van der Waals surface area contributed by atoms with Gasteiger partial charge in [0, 0.05) is 0 Å². The van der Waals surface area contributed by atoms with Gasteiger partial charge in [0.15, 0.2) is 0 Å². The fraction of sp³-hybridized carbons (Fsp3) is 1.00. The minimum atomic E-state index is -0.270. The fourth-order valence-corrected chi connectivity index (χ4v) is 1.28. The van der Waals surface area contributed by atoms with Gasteiger partial charge in [0.05, 0.1) is 12.2 Å². The molecule has 54 valence electrons. The van der Waals surface area contributed by atoms with Gasteiger partial charge in [-0.3, -0.25) is 0 Å². The molecule has 9 heavy (non-hydrogen) atoms. The van der Waals surface area contributed by atoms with E-state index in [2.05, 4.69) is 0 Å². The van der Waals surface area contributed by atoms with Gasteiger partial charge in [-0.05, 0) is 25.2 Å². The van der Waals surface area contributed by atoms with Gasteiger partial charge in [-0.2, -0.15) is 0 Å². The van der Waals surface area contributed by atoms with E-state index in [1.165, 1.54) is 0 Å². The zero-order chi connectivity index (χ0) is 6.85. The van der Waals surface area contributed by atoms with Crippen molar-refractivity contribution in [3.8, 4) is 0 Å². The molecule has 2 N–H and O–H groups in total. The van der Waals surface area contributed by atoms with Gasteiger partial charge in [0.2, 0.25) is 0 Å². The summed E-state index contributed by atoms with van der Waals surface area (Å²) in [5.74, 6) is 0.383. The number of aliphatic hydroxyl groups excluding tert-OH is 2. The Morgan fingerprint density at radius 1 is 1.22 bits per heavy atom. The fourth-order valence-electron chi connectivity index (χ4n) is 1.28. The van der Waals surface area contributed by atoms with E-state index in [-0.39, 0.29) is 12.2 Å². The van der Waals surface area contributed by atoms with Crippen molar-refractivity contribution in [1.82, 2.24) is 0 Å². The normalized spacial score (nSPS) is 45.0. The molecule has 0 aromatic carbocycles. The van der Waals surface area contributed by atoms with Crippen molar-refractivity contribution in [2.45, 2.75) is 38.4 Å². The van der Waals surface area contributed by atoms with E-state index in [4.69, 9.17) is 5.11 Å². The summed E-state index contributed by atoms with van der Waals surface area (Å²) < 4.78 is 0. The van der Waals surface area contributed by atoms with E-state index < -0.39 is 0 Å². The summed E-state index contributed by atoms with van der Waals surface area (Å²) >= 11 is 0. The Bertz CT molecular complexity index is 92.9. The maximum Gasteiger partial charge on any atom is 0.0590 e. The maximum atomic E-state index is 9.19. The molecule has 0 radical (unpaired) electrons. The zero-order valence-electron chi connectivity index (χ0n) is 5.75. The molecule has 3 atom stereocenters. The van der Waals surface area contributed by atoms with Crippen molar-refractivity contribution < 1.29 is 10.2 Å². The quantitative estimate of drug-likeness (QED) is 0.502. The van der Waals surface area contributed by atoms with Crippen molar-refractivity contribution in [1.29, 1.82) is 0 Å². The minimum Gasteiger partial charge on any atom is -0.393 e. The molecule has 1 aliphatic rings. The van der Waals surface area contributed by atoms with Crippen LogP contribution in [0, 0.1) is 5.92 Å². The van der Waals surface area contributed by atoms with Gasteiger partial charge in [-0.25, -0.2) is 0 Å². The monoisotopic (exact) mass is 130 g/mol. The smallest absolute Gasteiger partial charge is 0.0590 e. The lowest BCUT2D eigenvalue weighted by atomic mass is 9.86. The first-order valence-electron chi connectivity index (χ1n) is 3.56. The summed E-state index contributed by atoms with van der Waals surface area (Å²) in [7, 11) is 0. The SMILES string of the molecule is C[C@H]1CCC(O)CC1O. The highest BCUT2D eigenvalue weighted by Gasteiger charge is 2.23. The Kier molecular flexibility index (Phi) is 2.09. The third-order valence-corrected chi connectivity index (χ3v) is 2.13. The largest absolute Gasteiger partial charge is 0.393 e. The second-order valence-electron chi connectivity index (χ2n) is 3.01. The molecule has 0 saturated heterocycles. The van der Waals surface area contributed by atoms with Gasteiger partial charge in [-0.15, -0.1) is 0 Å². The van der Waals surface area contributed by atoms with Crippen LogP contribution >= 0.6 is 0 Å². The van der Waals surface area contributed by atoms with Gasteiger partial charge in [0.25, 0.3) is 0 Å². The highest BCUT2D eigenvalue weighted by atomic mass is 16.3. The van der Waals surface area contributed by atoms with Crippen LogP contribution in [0.5, 0.6) is 0 Å². The molecule has 1 fully saturated rings. The van der Waals surface area contributed by atoms with Crippen LogP contribution in [0.3, 0.4) is 0 Å². The van der Waals surface area contributed by atoms with E-state index in [0.717, 1.165) is 12.8 Å². The second-order valence-corrected chi connectivity index (χ2v) is 3.01. The van der Waals surface area contributed by atoms with E-state index >= 15 is 0 Å². The van der Waals surface area contributed by atoms with Crippen molar-refractivity contribution >= 4 is 0 Å². The van der Waals surface area contributed by atoms with Crippen LogP contribution in [-0.2, 0) is 0 Å². The molecule has 1 aliphatic carbocycles. The van der Waals surface area contributed by atoms with Gasteiger partial charge >= 0.3 is 0 Å². The van der Waals surface area contributed by atoms with Crippen molar-refractivity contribution in [2.75, 3.05) is 0 Å². The summed E-state index contributed by atoms with van der Waals surface area (Å²) in [6.07, 6.45) is 1.87. The molecule has 1 rings (SSSR count). The van der Waals surface area contributed by atoms with Crippen LogP contribution < -0.4 is 0 Å². The third-order valence-electron chi connectivity index (χ3n) is 2.13. The van der Waals surface area contributed by atoms with Crippen molar-refractivity contribution in [3.63, 3.8) is 0 Å². The van der Waals surface area contributed by atoms with Gasteiger partial charge in [0.1, 0.15) is 0 Å². The number of rotatable bonds is 0. The highest BCUT2D eigenvalue weighted by Crippen LogP contribution is 2.23. The molecule has 0 aromatic heterocycles. The van der Waals surface area contributed by atoms with Crippen LogP contribution in [0.25, 0.3) is 0 Å². The molecule has 2 heteroatoms. The summed E-state index contributed by atoms with van der Waals surface area (Å²) in [5, 5.41) is 18.2. The maximum absolute atomic E-state index is 9.19. The lowest BCUT2D eigenvalue weighted by Crippen LogP contribution is -2.29. The van der Waals surface area contributed by atoms with Crippen LogP contribution in [0.1, 0.15) is 26.2 Å². The molecular formula is C7H14O2. The molecular weight excluding hydrogens is 116 g/mol. The molecule has 0 amide bonds. The number of aliphatic hydroxyl groups is 2. The molecule has 2 unspecified atom stereocenters. The summed E-state index contributed by atoms with van der Waals surface area (Å²) in [6, 6.07) is 0. The predicted molar refractivity (Wildman–Crippen MR) is 35.0 cm³/mol. The van der Waals surface area contributed by atoms with E-state index in [9.17, 15) is 5.11 Å². The van der Waals surface area contributed by atoms with Crippen molar-refractivity contribution in [3.05, 3.63) is 0 Å². The van der Waals surface area contributed by atoms with Crippen molar-refractivity contribution in [2.24, 2.45) is 5.92 Å². The second kappa shape index (κ2) is 2.67. The van der Waals surface area contributed by atoms with Crippen LogP contribution in [0.15, 0.2) is 0 Å². The van der Waals surface area contributed by atoms with E-state index in [1.54, 1.807) is 0 Å². The van der Waals surface area contributed by atoms with Gasteiger partial charge < -0.3 is 10.2 Å². The molecule has 0 bridgehead atoms. The van der Waals surface area contributed by atoms with E-state index in [1.807, 2.05) is 6.92 Å². The molecule has 0 aliphatic heterocycles. The minimum absolute atomic E-state index is 0.254. The average Bonchev–Trinajstić information content (AvgIpc) is 1.80. The summed E-state index contributed by atoms with van der Waals surface area (Å²) in [4.78, 5) is 0. The highest BCUT2D eigenvalue weighted by molar-refractivity contribution is 4.75. The Morgan fingerprint density at radius 3 is 2.33 bits per heavy atom. The Morgan fingerprint density at radius 2 is 1.89 bits per heavy atom. The lowest BCUT2D eigenvalue weighted by molar-refractivity contribution is 0.00730. The van der Waals surface area contributed by atoms with Crippen LogP contribution in [0.4, 0.5) is 0 Å². The molecule has 0 aromatic rings. The standard InChI is InChI=1S/C7H14O2/c1-5-2-3-6(8)4-7(5)9/h5-9H,2-4H2,1H3/t5-,6?,7?/m0/s1. The summed E-state index contributed by atoms with van der Waals surface area (Å²) in [6.45, 7) is 2.02. The molecule has 0 heterocycles. The number of hydrogen-bond acceptors (Lipinski definition) is 2. The Hall–Kier alpha value is -0.0800. The van der Waals surface area contributed by atoms with Gasteiger partial charge in [-0.1, -0.05) is 6.92 Å². The first-order chi connectivity index (χ1) is 4.20. The Balaban J connectivity index is 2.35. The lowest BCUT2D eigenvalue weighted by Gasteiger charge is -2.27. The average molecular weight is 130 g/mol. The number of hydrogen-bond donors (Lipinski definition) is 2. The molecule has 2 nitrogen and oxygen atoms in total. The topological polar surface area (TPSA) is 40.5 Å². The first kappa shape index (κ1) is 7.03. The predicted octanol–water partition coefficient (Wildman–Crippen LogP) is 0.528. The van der Waals surface area contributed by atoms with Crippen LogP contribution in [0.2, 0.25) is 0 Å². The summed E-state index contributed by atoms with van der Waals surface area (Å²) in [5.41, 5.74) is 0. The van der Waals surface area contributed by atoms with Crippen LogP contribution in [-0.4, -0.2) is 22.4 Å². The van der Waals surface area contributed by atoms with E-state index in [0.29, 0.717) is 12.3 Å². The zero-order valence-corrected chi connectivity index (χ0v) is 5.75.